The van der Waals surface area contributed by atoms with Crippen molar-refractivity contribution in [3.05, 3.63) is 0 Å². The molecule has 0 N–H and O–H groups in total. The smallest absolute Gasteiger partial charge is 0.306 e. The van der Waals surface area contributed by atoms with Crippen molar-refractivity contribution >= 4 is 17.9 Å². The fourth-order valence-electron chi connectivity index (χ4n) is 6.54. The number of hydrogen-bond donors (Lipinski definition) is 0. The molecular weight excluding hydrogens is 636 g/mol. The summed E-state index contributed by atoms with van der Waals surface area (Å²) in [5.74, 6) is 0.778. The third-order valence-corrected chi connectivity index (χ3v) is 10.3. The van der Waals surface area contributed by atoms with Crippen LogP contribution in [-0.2, 0) is 28.6 Å². The van der Waals surface area contributed by atoms with Gasteiger partial charge in [0.2, 0.25) is 0 Å². The molecular formula is C45H86O6. The van der Waals surface area contributed by atoms with Crippen molar-refractivity contribution < 1.29 is 28.6 Å². The summed E-state index contributed by atoms with van der Waals surface area (Å²) in [6.45, 7) is 11.3. The average molecular weight is 723 g/mol. The molecule has 51 heavy (non-hydrogen) atoms. The number of esters is 3. The molecule has 0 aromatic carbocycles. The minimum atomic E-state index is -0.760. The van der Waals surface area contributed by atoms with Gasteiger partial charge < -0.3 is 14.2 Å². The highest BCUT2D eigenvalue weighted by Gasteiger charge is 2.19. The lowest BCUT2D eigenvalue weighted by atomic mass is 9.99. The molecule has 2 atom stereocenters. The third kappa shape index (κ3) is 38.0. The summed E-state index contributed by atoms with van der Waals surface area (Å²) >= 11 is 0. The molecule has 302 valence electrons. The molecule has 6 nitrogen and oxygen atoms in total. The summed E-state index contributed by atoms with van der Waals surface area (Å²) in [6.07, 6.45) is 35.1. The van der Waals surface area contributed by atoms with E-state index >= 15 is 0 Å². The zero-order valence-electron chi connectivity index (χ0n) is 34.7. The highest BCUT2D eigenvalue weighted by molar-refractivity contribution is 5.71. The highest BCUT2D eigenvalue weighted by Crippen LogP contribution is 2.17. The second-order valence-corrected chi connectivity index (χ2v) is 16.1. The van der Waals surface area contributed by atoms with Crippen LogP contribution in [0.3, 0.4) is 0 Å². The van der Waals surface area contributed by atoms with Crippen molar-refractivity contribution in [1.29, 1.82) is 0 Å². The highest BCUT2D eigenvalue weighted by atomic mass is 16.6. The molecule has 0 fully saturated rings. The Labute approximate surface area is 317 Å². The van der Waals surface area contributed by atoms with Gasteiger partial charge in [-0.15, -0.1) is 0 Å². The minimum absolute atomic E-state index is 0.0657. The maximum atomic E-state index is 12.7. The fourth-order valence-corrected chi connectivity index (χ4v) is 6.54. The summed E-state index contributed by atoms with van der Waals surface area (Å²) in [5, 5.41) is 0. The molecule has 0 aromatic rings. The molecule has 0 saturated heterocycles. The number of hydrogen-bond acceptors (Lipinski definition) is 6. The second kappa shape index (κ2) is 38.1. The van der Waals surface area contributed by atoms with Gasteiger partial charge in [0.1, 0.15) is 13.2 Å². The standard InChI is InChI=1S/C45H86O6/c1-6-8-9-10-11-12-13-20-25-30-35-43(46)49-38-42(51-45(48)37-32-27-22-16-14-18-23-28-33-40(3)4)39-50-44(47)36-31-26-21-17-15-19-24-29-34-41(5)7-2/h40-42H,6-39H2,1-5H3/t41?,42-/m1/s1. The number of ether oxygens (including phenoxy) is 3. The molecule has 0 heterocycles. The van der Waals surface area contributed by atoms with Crippen LogP contribution in [0.15, 0.2) is 0 Å². The van der Waals surface area contributed by atoms with E-state index in [0.717, 1.165) is 69.6 Å². The van der Waals surface area contributed by atoms with E-state index in [-0.39, 0.29) is 31.1 Å². The van der Waals surface area contributed by atoms with Crippen LogP contribution in [0.4, 0.5) is 0 Å². The van der Waals surface area contributed by atoms with Crippen LogP contribution in [0.25, 0.3) is 0 Å². The van der Waals surface area contributed by atoms with Gasteiger partial charge in [0.15, 0.2) is 6.10 Å². The molecule has 0 amide bonds. The lowest BCUT2D eigenvalue weighted by molar-refractivity contribution is -0.167. The van der Waals surface area contributed by atoms with Gasteiger partial charge in [-0.2, -0.15) is 0 Å². The molecule has 0 rings (SSSR count). The van der Waals surface area contributed by atoms with E-state index < -0.39 is 6.10 Å². The van der Waals surface area contributed by atoms with Crippen molar-refractivity contribution in [3.63, 3.8) is 0 Å². The zero-order valence-corrected chi connectivity index (χ0v) is 34.7. The van der Waals surface area contributed by atoms with E-state index in [2.05, 4.69) is 34.6 Å². The summed E-state index contributed by atoms with van der Waals surface area (Å²) in [7, 11) is 0. The number of rotatable bonds is 39. The van der Waals surface area contributed by atoms with Gasteiger partial charge in [-0.05, 0) is 31.1 Å². The zero-order chi connectivity index (χ0) is 37.6. The van der Waals surface area contributed by atoms with Gasteiger partial charge in [0.25, 0.3) is 0 Å². The molecule has 0 radical (unpaired) electrons. The van der Waals surface area contributed by atoms with E-state index in [1.807, 2.05) is 0 Å². The first-order chi connectivity index (χ1) is 24.8. The molecule has 0 saturated carbocycles. The summed E-state index contributed by atoms with van der Waals surface area (Å²) in [4.78, 5) is 37.6. The summed E-state index contributed by atoms with van der Waals surface area (Å²) < 4.78 is 16.7. The summed E-state index contributed by atoms with van der Waals surface area (Å²) in [6, 6.07) is 0. The van der Waals surface area contributed by atoms with E-state index in [4.69, 9.17) is 14.2 Å². The Morgan fingerprint density at radius 2 is 0.745 bits per heavy atom. The van der Waals surface area contributed by atoms with Gasteiger partial charge in [-0.1, -0.05) is 202 Å². The number of unbranched alkanes of at least 4 members (excludes halogenated alkanes) is 23. The first kappa shape index (κ1) is 49.4. The topological polar surface area (TPSA) is 78.9 Å². The van der Waals surface area contributed by atoms with Crippen molar-refractivity contribution in [2.45, 2.75) is 246 Å². The van der Waals surface area contributed by atoms with Gasteiger partial charge in [0, 0.05) is 19.3 Å². The normalized spacial score (nSPS) is 12.6. The molecule has 0 aliphatic heterocycles. The van der Waals surface area contributed by atoms with E-state index in [9.17, 15) is 14.4 Å². The Bertz CT molecular complexity index is 781. The Morgan fingerprint density at radius 3 is 1.12 bits per heavy atom. The van der Waals surface area contributed by atoms with E-state index in [0.29, 0.717) is 19.3 Å². The lowest BCUT2D eigenvalue weighted by Crippen LogP contribution is -2.30. The van der Waals surface area contributed by atoms with Crippen LogP contribution >= 0.6 is 0 Å². The number of carbonyl (C=O) groups is 3. The first-order valence-corrected chi connectivity index (χ1v) is 22.3. The Morgan fingerprint density at radius 1 is 0.412 bits per heavy atom. The van der Waals surface area contributed by atoms with Crippen LogP contribution in [0, 0.1) is 11.8 Å². The summed E-state index contributed by atoms with van der Waals surface area (Å²) in [5.41, 5.74) is 0. The largest absolute Gasteiger partial charge is 0.462 e. The third-order valence-electron chi connectivity index (χ3n) is 10.3. The fraction of sp³-hybridized carbons (Fsp3) is 0.933. The monoisotopic (exact) mass is 723 g/mol. The molecule has 0 aromatic heterocycles. The van der Waals surface area contributed by atoms with Crippen molar-refractivity contribution in [2.75, 3.05) is 13.2 Å². The predicted octanol–water partition coefficient (Wildman–Crippen LogP) is 13.8. The van der Waals surface area contributed by atoms with Crippen LogP contribution in [0.2, 0.25) is 0 Å². The van der Waals surface area contributed by atoms with Crippen molar-refractivity contribution in [2.24, 2.45) is 11.8 Å². The van der Waals surface area contributed by atoms with E-state index in [1.54, 1.807) is 0 Å². The molecule has 0 bridgehead atoms. The van der Waals surface area contributed by atoms with Crippen molar-refractivity contribution in [3.8, 4) is 0 Å². The van der Waals surface area contributed by atoms with Gasteiger partial charge in [0.05, 0.1) is 0 Å². The Kier molecular flexibility index (Phi) is 37.0. The second-order valence-electron chi connectivity index (χ2n) is 16.1. The maximum absolute atomic E-state index is 12.7. The predicted molar refractivity (Wildman–Crippen MR) is 215 cm³/mol. The SMILES string of the molecule is CCCCCCCCCCCCC(=O)OC[C@H](COC(=O)CCCCCCCCCCC(C)CC)OC(=O)CCCCCCCCCCC(C)C. The molecule has 0 aliphatic carbocycles. The minimum Gasteiger partial charge on any atom is -0.462 e. The molecule has 0 aliphatic rings. The van der Waals surface area contributed by atoms with Crippen LogP contribution in [0.1, 0.15) is 240 Å². The van der Waals surface area contributed by atoms with Crippen LogP contribution in [0.5, 0.6) is 0 Å². The number of carbonyl (C=O) groups excluding carboxylic acids is 3. The quantitative estimate of drug-likeness (QED) is 0.0357. The average Bonchev–Trinajstić information content (AvgIpc) is 3.11. The van der Waals surface area contributed by atoms with Gasteiger partial charge in [-0.3, -0.25) is 14.4 Å². The van der Waals surface area contributed by atoms with Gasteiger partial charge >= 0.3 is 17.9 Å². The van der Waals surface area contributed by atoms with Crippen molar-refractivity contribution in [1.82, 2.24) is 0 Å². The molecule has 6 heteroatoms. The van der Waals surface area contributed by atoms with E-state index in [1.165, 1.54) is 128 Å². The van der Waals surface area contributed by atoms with Crippen LogP contribution < -0.4 is 0 Å². The molecule has 1 unspecified atom stereocenters. The maximum Gasteiger partial charge on any atom is 0.306 e. The Balaban J connectivity index is 4.35. The lowest BCUT2D eigenvalue weighted by Gasteiger charge is -2.18. The molecule has 0 spiro atoms. The van der Waals surface area contributed by atoms with Gasteiger partial charge in [-0.25, -0.2) is 0 Å². The first-order valence-electron chi connectivity index (χ1n) is 22.3. The Hall–Kier alpha value is -1.59. The van der Waals surface area contributed by atoms with Crippen LogP contribution in [-0.4, -0.2) is 37.2 Å².